The summed E-state index contributed by atoms with van der Waals surface area (Å²) in [4.78, 5) is 6.99. The van der Waals surface area contributed by atoms with E-state index in [-0.39, 0.29) is 0 Å². The maximum Gasteiger partial charge on any atom is 0.0717 e. The lowest BCUT2D eigenvalue weighted by Gasteiger charge is -2.32. The average Bonchev–Trinajstić information content (AvgIpc) is 3.11. The van der Waals surface area contributed by atoms with Gasteiger partial charge in [-0.25, -0.2) is 0 Å². The van der Waals surface area contributed by atoms with Gasteiger partial charge in [0.2, 0.25) is 0 Å². The molecule has 0 fully saturated rings. The van der Waals surface area contributed by atoms with Gasteiger partial charge in [-0.05, 0) is 83.1 Å². The number of anilines is 2. The lowest BCUT2D eigenvalue weighted by molar-refractivity contribution is 0.930. The summed E-state index contributed by atoms with van der Waals surface area (Å²) < 4.78 is 0. The number of pyridine rings is 1. The Hall–Kier alpha value is -5.18. The van der Waals surface area contributed by atoms with Gasteiger partial charge < -0.3 is 4.90 Å². The summed E-state index contributed by atoms with van der Waals surface area (Å²) in [6, 6.07) is 50.9. The first-order valence-electron chi connectivity index (χ1n) is 15.0. The zero-order valence-electron chi connectivity index (χ0n) is 24.3. The van der Waals surface area contributed by atoms with Gasteiger partial charge in [0.05, 0.1) is 16.4 Å². The summed E-state index contributed by atoms with van der Waals surface area (Å²) in [6.45, 7) is 0. The van der Waals surface area contributed by atoms with E-state index < -0.39 is 0 Å². The predicted octanol–water partition coefficient (Wildman–Crippen LogP) is 11.6. The molecule has 0 N–H and O–H groups in total. The first-order chi connectivity index (χ1) is 21.7. The topological polar surface area (TPSA) is 16.1 Å². The highest BCUT2D eigenvalue weighted by molar-refractivity contribution is 6.33. The zero-order chi connectivity index (χ0) is 29.7. The van der Waals surface area contributed by atoms with E-state index in [9.17, 15) is 0 Å². The highest BCUT2D eigenvalue weighted by atomic mass is 35.5. The molecule has 1 aliphatic rings. The number of rotatable bonds is 7. The summed E-state index contributed by atoms with van der Waals surface area (Å²) in [5.74, 6) is 0. The normalized spacial score (nSPS) is 12.8. The molecule has 5 aromatic carbocycles. The SMILES string of the molecule is Clc1ccc(N(C2=CC=C(c3ccc(-c4ccccc4)cc3)CC2)c2ccccc2-c2ccccc2)cc1-c1ccccn1. The van der Waals surface area contributed by atoms with E-state index in [1.807, 2.05) is 30.5 Å². The Morgan fingerprint density at radius 1 is 0.523 bits per heavy atom. The van der Waals surface area contributed by atoms with Crippen molar-refractivity contribution in [2.75, 3.05) is 4.90 Å². The number of hydrogen-bond acceptors (Lipinski definition) is 2. The zero-order valence-corrected chi connectivity index (χ0v) is 25.0. The third-order valence-corrected chi connectivity index (χ3v) is 8.49. The first kappa shape index (κ1) is 27.6. The van der Waals surface area contributed by atoms with Crippen LogP contribution in [0.2, 0.25) is 5.02 Å². The molecule has 0 saturated carbocycles. The van der Waals surface area contributed by atoms with Crippen molar-refractivity contribution in [1.29, 1.82) is 0 Å². The van der Waals surface area contributed by atoms with Crippen LogP contribution in [0.15, 0.2) is 170 Å². The molecule has 0 radical (unpaired) electrons. The van der Waals surface area contributed by atoms with Gasteiger partial charge in [0, 0.05) is 28.7 Å². The minimum atomic E-state index is 0.683. The molecule has 7 rings (SSSR count). The molecule has 0 saturated heterocycles. The van der Waals surface area contributed by atoms with Crippen LogP contribution < -0.4 is 4.90 Å². The molecule has 0 unspecified atom stereocenters. The summed E-state index contributed by atoms with van der Waals surface area (Å²) in [6.07, 6.45) is 8.21. The van der Waals surface area contributed by atoms with Crippen molar-refractivity contribution < 1.29 is 0 Å². The largest absolute Gasteiger partial charge is 0.314 e. The maximum absolute atomic E-state index is 6.75. The van der Waals surface area contributed by atoms with Gasteiger partial charge in [-0.15, -0.1) is 0 Å². The third kappa shape index (κ3) is 5.73. The smallest absolute Gasteiger partial charge is 0.0717 e. The van der Waals surface area contributed by atoms with Crippen LogP contribution in [0.5, 0.6) is 0 Å². The minimum absolute atomic E-state index is 0.683. The second-order valence-electron chi connectivity index (χ2n) is 10.9. The molecular weight excluding hydrogens is 556 g/mol. The van der Waals surface area contributed by atoms with Crippen LogP contribution in [0.3, 0.4) is 0 Å². The molecule has 0 aliphatic heterocycles. The Balaban J connectivity index is 1.31. The Bertz CT molecular complexity index is 1940. The Morgan fingerprint density at radius 2 is 1.18 bits per heavy atom. The van der Waals surface area contributed by atoms with E-state index in [1.54, 1.807) is 0 Å². The fraction of sp³-hybridized carbons (Fsp3) is 0.0488. The molecule has 0 atom stereocenters. The van der Waals surface area contributed by atoms with Gasteiger partial charge in [-0.2, -0.15) is 0 Å². The fourth-order valence-corrected chi connectivity index (χ4v) is 6.14. The second-order valence-corrected chi connectivity index (χ2v) is 11.3. The van der Waals surface area contributed by atoms with Crippen molar-refractivity contribution in [2.45, 2.75) is 12.8 Å². The summed E-state index contributed by atoms with van der Waals surface area (Å²) >= 11 is 6.75. The monoisotopic (exact) mass is 586 g/mol. The predicted molar refractivity (Wildman–Crippen MR) is 186 cm³/mol. The van der Waals surface area contributed by atoms with Gasteiger partial charge in [-0.3, -0.25) is 4.98 Å². The second kappa shape index (κ2) is 12.6. The number of nitrogens with zero attached hydrogens (tertiary/aromatic N) is 2. The highest BCUT2D eigenvalue weighted by Crippen LogP contribution is 2.43. The van der Waals surface area contributed by atoms with Crippen LogP contribution >= 0.6 is 11.6 Å². The number of para-hydroxylation sites is 1. The number of hydrogen-bond donors (Lipinski definition) is 0. The van der Waals surface area contributed by atoms with Crippen LogP contribution in [-0.4, -0.2) is 4.98 Å². The average molecular weight is 587 g/mol. The van der Waals surface area contributed by atoms with E-state index in [1.165, 1.54) is 39.1 Å². The molecule has 1 aromatic heterocycles. The van der Waals surface area contributed by atoms with Crippen LogP contribution in [0.4, 0.5) is 11.4 Å². The quantitative estimate of drug-likeness (QED) is 0.185. The molecule has 1 aliphatic carbocycles. The van der Waals surface area contributed by atoms with Gasteiger partial charge >= 0.3 is 0 Å². The number of halogens is 1. The van der Waals surface area contributed by atoms with Crippen molar-refractivity contribution in [3.05, 3.63) is 180 Å². The van der Waals surface area contributed by atoms with Crippen LogP contribution in [-0.2, 0) is 0 Å². The van der Waals surface area contributed by atoms with Crippen molar-refractivity contribution in [3.8, 4) is 33.5 Å². The van der Waals surface area contributed by atoms with Gasteiger partial charge in [-0.1, -0.05) is 127 Å². The molecule has 3 heteroatoms. The molecule has 212 valence electrons. The van der Waals surface area contributed by atoms with Crippen molar-refractivity contribution in [2.24, 2.45) is 0 Å². The van der Waals surface area contributed by atoms with Crippen molar-refractivity contribution >= 4 is 28.5 Å². The van der Waals surface area contributed by atoms with E-state index in [0.717, 1.165) is 35.5 Å². The number of benzene rings is 5. The minimum Gasteiger partial charge on any atom is -0.314 e. The molecule has 0 spiro atoms. The van der Waals surface area contributed by atoms with Crippen LogP contribution in [0, 0.1) is 0 Å². The molecular formula is C41H31ClN2. The standard InChI is InChI=1S/C41H31ClN2/c42-39-27-26-36(29-38(39)40-16-9-10-28-43-40)44(41-17-8-7-15-37(41)34-13-5-2-6-14-34)35-24-22-33(23-25-35)32-20-18-31(19-21-32)30-11-3-1-4-12-30/h1-22,24,26-29H,23,25H2. The van der Waals surface area contributed by atoms with Crippen LogP contribution in [0.1, 0.15) is 18.4 Å². The first-order valence-corrected chi connectivity index (χ1v) is 15.3. The summed E-state index contributed by atoms with van der Waals surface area (Å²) in [7, 11) is 0. The van der Waals surface area contributed by atoms with E-state index >= 15 is 0 Å². The number of allylic oxidation sites excluding steroid dienone is 4. The Morgan fingerprint density at radius 3 is 1.89 bits per heavy atom. The molecule has 2 nitrogen and oxygen atoms in total. The fourth-order valence-electron chi connectivity index (χ4n) is 5.92. The number of aromatic nitrogens is 1. The highest BCUT2D eigenvalue weighted by Gasteiger charge is 2.22. The van der Waals surface area contributed by atoms with Gasteiger partial charge in [0.15, 0.2) is 0 Å². The maximum atomic E-state index is 6.75. The molecule has 0 amide bonds. The van der Waals surface area contributed by atoms with E-state index in [2.05, 4.69) is 143 Å². The van der Waals surface area contributed by atoms with E-state index in [4.69, 9.17) is 11.6 Å². The van der Waals surface area contributed by atoms with Gasteiger partial charge in [0.25, 0.3) is 0 Å². The van der Waals surface area contributed by atoms with Gasteiger partial charge in [0.1, 0.15) is 0 Å². The molecule has 1 heterocycles. The van der Waals surface area contributed by atoms with Crippen LogP contribution in [0.25, 0.3) is 39.1 Å². The van der Waals surface area contributed by atoms with Crippen molar-refractivity contribution in [1.82, 2.24) is 4.98 Å². The molecule has 6 aromatic rings. The summed E-state index contributed by atoms with van der Waals surface area (Å²) in [5, 5.41) is 0.683. The lowest BCUT2D eigenvalue weighted by atomic mass is 9.93. The molecule has 44 heavy (non-hydrogen) atoms. The summed E-state index contributed by atoms with van der Waals surface area (Å²) in [5.41, 5.74) is 12.6. The van der Waals surface area contributed by atoms with E-state index in [0.29, 0.717) is 5.02 Å². The lowest BCUT2D eigenvalue weighted by Crippen LogP contribution is -2.19. The Kier molecular flexibility index (Phi) is 7.91. The van der Waals surface area contributed by atoms with Crippen molar-refractivity contribution in [3.63, 3.8) is 0 Å². The molecule has 0 bridgehead atoms. The Labute approximate surface area is 264 Å². The third-order valence-electron chi connectivity index (χ3n) is 8.16.